The van der Waals surface area contributed by atoms with Crippen LogP contribution in [0.2, 0.25) is 0 Å². The van der Waals surface area contributed by atoms with Gasteiger partial charge >= 0.3 is 5.97 Å². The van der Waals surface area contributed by atoms with E-state index in [-0.39, 0.29) is 5.56 Å². The molecule has 13 heavy (non-hydrogen) atoms. The van der Waals surface area contributed by atoms with Crippen molar-refractivity contribution < 1.29 is 9.90 Å². The van der Waals surface area contributed by atoms with Gasteiger partial charge in [0, 0.05) is 10.6 Å². The van der Waals surface area contributed by atoms with Crippen LogP contribution in [0.3, 0.4) is 0 Å². The van der Waals surface area contributed by atoms with Gasteiger partial charge in [0.1, 0.15) is 0 Å². The number of hydrogen-bond acceptors (Lipinski definition) is 3. The molecule has 1 aromatic rings. The normalized spacial score (nSPS) is 9.92. The SMILES string of the molecule is CCSc1ccc(N)c(C(=O)O)c1. The summed E-state index contributed by atoms with van der Waals surface area (Å²) in [7, 11) is 0. The van der Waals surface area contributed by atoms with Crippen LogP contribution in [0.15, 0.2) is 23.1 Å². The third-order valence-electron chi connectivity index (χ3n) is 1.57. The Labute approximate surface area is 80.9 Å². The highest BCUT2D eigenvalue weighted by molar-refractivity contribution is 7.99. The number of nitrogens with two attached hydrogens (primary N) is 1. The topological polar surface area (TPSA) is 63.3 Å². The van der Waals surface area contributed by atoms with Crippen molar-refractivity contribution in [2.24, 2.45) is 0 Å². The summed E-state index contributed by atoms with van der Waals surface area (Å²) in [5, 5.41) is 8.77. The first-order chi connectivity index (χ1) is 6.15. The minimum atomic E-state index is -0.976. The highest BCUT2D eigenvalue weighted by Crippen LogP contribution is 2.22. The minimum absolute atomic E-state index is 0.179. The molecule has 3 nitrogen and oxygen atoms in total. The zero-order valence-corrected chi connectivity index (χ0v) is 8.10. The summed E-state index contributed by atoms with van der Waals surface area (Å²) in [5.41, 5.74) is 5.99. The van der Waals surface area contributed by atoms with Crippen molar-refractivity contribution in [1.29, 1.82) is 0 Å². The molecule has 0 spiro atoms. The molecule has 70 valence electrons. The van der Waals surface area contributed by atoms with Crippen LogP contribution in [0.1, 0.15) is 17.3 Å². The number of aromatic carboxylic acids is 1. The number of hydrogen-bond donors (Lipinski definition) is 2. The van der Waals surface area contributed by atoms with Crippen LogP contribution in [-0.4, -0.2) is 16.8 Å². The number of carbonyl (C=O) groups is 1. The predicted octanol–water partition coefficient (Wildman–Crippen LogP) is 2.08. The summed E-state index contributed by atoms with van der Waals surface area (Å²) < 4.78 is 0. The van der Waals surface area contributed by atoms with Gasteiger partial charge in [-0.3, -0.25) is 0 Å². The molecule has 1 rings (SSSR count). The number of thioether (sulfide) groups is 1. The Bertz CT molecular complexity index is 325. The summed E-state index contributed by atoms with van der Waals surface area (Å²) in [6.45, 7) is 2.02. The maximum absolute atomic E-state index is 10.7. The van der Waals surface area contributed by atoms with Crippen LogP contribution in [0.5, 0.6) is 0 Å². The van der Waals surface area contributed by atoms with Crippen molar-refractivity contribution in [2.75, 3.05) is 11.5 Å². The molecule has 0 aliphatic heterocycles. The second-order valence-corrected chi connectivity index (χ2v) is 3.82. The highest BCUT2D eigenvalue weighted by atomic mass is 32.2. The van der Waals surface area contributed by atoms with Crippen LogP contribution in [-0.2, 0) is 0 Å². The predicted molar refractivity (Wildman–Crippen MR) is 54.2 cm³/mol. The lowest BCUT2D eigenvalue weighted by atomic mass is 10.2. The largest absolute Gasteiger partial charge is 0.478 e. The summed E-state index contributed by atoms with van der Waals surface area (Å²) in [5.74, 6) is -0.0563. The van der Waals surface area contributed by atoms with Crippen molar-refractivity contribution in [3.05, 3.63) is 23.8 Å². The molecule has 4 heteroatoms. The van der Waals surface area contributed by atoms with Gasteiger partial charge in [-0.1, -0.05) is 6.92 Å². The average Bonchev–Trinajstić information content (AvgIpc) is 2.08. The quantitative estimate of drug-likeness (QED) is 0.575. The molecular formula is C9H11NO2S. The molecule has 0 aromatic heterocycles. The Morgan fingerprint density at radius 1 is 1.62 bits per heavy atom. The standard InChI is InChI=1S/C9H11NO2S/c1-2-13-6-3-4-8(10)7(5-6)9(11)12/h3-5H,2,10H2,1H3,(H,11,12). The Kier molecular flexibility index (Phi) is 3.19. The summed E-state index contributed by atoms with van der Waals surface area (Å²) in [6, 6.07) is 5.06. The number of benzene rings is 1. The smallest absolute Gasteiger partial charge is 0.337 e. The van der Waals surface area contributed by atoms with E-state index in [1.54, 1.807) is 23.9 Å². The van der Waals surface area contributed by atoms with Crippen molar-refractivity contribution in [3.8, 4) is 0 Å². The maximum atomic E-state index is 10.7. The van der Waals surface area contributed by atoms with Crippen LogP contribution in [0.4, 0.5) is 5.69 Å². The number of rotatable bonds is 3. The second-order valence-electron chi connectivity index (χ2n) is 2.49. The van der Waals surface area contributed by atoms with Gasteiger partial charge in [-0.15, -0.1) is 11.8 Å². The molecule has 0 unspecified atom stereocenters. The van der Waals surface area contributed by atoms with Crippen LogP contribution < -0.4 is 5.73 Å². The fourth-order valence-electron chi connectivity index (χ4n) is 0.977. The molecule has 1 aromatic carbocycles. The zero-order valence-electron chi connectivity index (χ0n) is 7.28. The molecule has 0 atom stereocenters. The molecule has 0 radical (unpaired) electrons. The van der Waals surface area contributed by atoms with E-state index in [0.29, 0.717) is 5.69 Å². The minimum Gasteiger partial charge on any atom is -0.478 e. The number of carboxylic acids is 1. The fourth-order valence-corrected chi connectivity index (χ4v) is 1.68. The molecule has 0 bridgehead atoms. The van der Waals surface area contributed by atoms with Crippen LogP contribution >= 0.6 is 11.8 Å². The Hall–Kier alpha value is -1.16. The lowest BCUT2D eigenvalue weighted by Crippen LogP contribution is -2.02. The monoisotopic (exact) mass is 197 g/mol. The van der Waals surface area contributed by atoms with E-state index in [2.05, 4.69) is 0 Å². The lowest BCUT2D eigenvalue weighted by Gasteiger charge is -2.03. The Morgan fingerprint density at radius 3 is 2.85 bits per heavy atom. The van der Waals surface area contributed by atoms with E-state index in [0.717, 1.165) is 10.6 Å². The maximum Gasteiger partial charge on any atom is 0.337 e. The van der Waals surface area contributed by atoms with Crippen molar-refractivity contribution in [2.45, 2.75) is 11.8 Å². The van der Waals surface area contributed by atoms with Gasteiger partial charge in [0.15, 0.2) is 0 Å². The van der Waals surface area contributed by atoms with Gasteiger partial charge in [-0.2, -0.15) is 0 Å². The van der Waals surface area contributed by atoms with E-state index in [9.17, 15) is 4.79 Å². The fraction of sp³-hybridized carbons (Fsp3) is 0.222. The highest BCUT2D eigenvalue weighted by Gasteiger charge is 2.07. The third-order valence-corrected chi connectivity index (χ3v) is 2.44. The van der Waals surface area contributed by atoms with Gasteiger partial charge < -0.3 is 10.8 Å². The number of anilines is 1. The van der Waals surface area contributed by atoms with Gasteiger partial charge in [-0.05, 0) is 24.0 Å². The first-order valence-corrected chi connectivity index (χ1v) is 4.89. The van der Waals surface area contributed by atoms with E-state index in [4.69, 9.17) is 10.8 Å². The molecule has 0 heterocycles. The summed E-state index contributed by atoms with van der Waals surface area (Å²) in [6.07, 6.45) is 0. The molecule has 0 saturated heterocycles. The first-order valence-electron chi connectivity index (χ1n) is 3.90. The number of nitrogen functional groups attached to an aromatic ring is 1. The van der Waals surface area contributed by atoms with Crippen LogP contribution in [0.25, 0.3) is 0 Å². The third kappa shape index (κ3) is 2.39. The van der Waals surface area contributed by atoms with E-state index in [1.165, 1.54) is 0 Å². The molecular weight excluding hydrogens is 186 g/mol. The van der Waals surface area contributed by atoms with E-state index >= 15 is 0 Å². The Morgan fingerprint density at radius 2 is 2.31 bits per heavy atom. The van der Waals surface area contributed by atoms with E-state index in [1.807, 2.05) is 13.0 Å². The molecule has 0 aliphatic carbocycles. The van der Waals surface area contributed by atoms with E-state index < -0.39 is 5.97 Å². The van der Waals surface area contributed by atoms with Crippen molar-refractivity contribution in [1.82, 2.24) is 0 Å². The lowest BCUT2D eigenvalue weighted by molar-refractivity contribution is 0.0698. The molecule has 0 aliphatic rings. The molecule has 0 amide bonds. The second kappa shape index (κ2) is 4.18. The Balaban J connectivity index is 3.04. The van der Waals surface area contributed by atoms with Gasteiger partial charge in [0.05, 0.1) is 5.56 Å². The average molecular weight is 197 g/mol. The van der Waals surface area contributed by atoms with Crippen molar-refractivity contribution >= 4 is 23.4 Å². The summed E-state index contributed by atoms with van der Waals surface area (Å²) >= 11 is 1.60. The van der Waals surface area contributed by atoms with Gasteiger partial charge in [0.2, 0.25) is 0 Å². The molecule has 3 N–H and O–H groups in total. The zero-order chi connectivity index (χ0) is 9.84. The first kappa shape index (κ1) is 9.92. The van der Waals surface area contributed by atoms with Gasteiger partial charge in [-0.25, -0.2) is 4.79 Å². The van der Waals surface area contributed by atoms with Crippen LogP contribution in [0, 0.1) is 0 Å². The number of carboxylic acid groups (broad SMARTS) is 1. The van der Waals surface area contributed by atoms with Crippen molar-refractivity contribution in [3.63, 3.8) is 0 Å². The molecule has 0 fully saturated rings. The molecule has 0 saturated carbocycles. The van der Waals surface area contributed by atoms with Gasteiger partial charge in [0.25, 0.3) is 0 Å². The summed E-state index contributed by atoms with van der Waals surface area (Å²) in [4.78, 5) is 11.6.